The van der Waals surface area contributed by atoms with E-state index in [1.165, 1.54) is 0 Å². The quantitative estimate of drug-likeness (QED) is 0.219. The standard InChI is InChI=1S/C22H29N5O3S/c23-17-27(31(29,30)15-19-8-10-20(11-9-19)21(24)25)22(16-28,26-12-4-5-13-26)14-18-6-2-1-3-7-18/h1-3,6-11,16H,4-5,12-15,17,23H2,(H3,24,25). The summed E-state index contributed by atoms with van der Waals surface area (Å²) in [6, 6.07) is 15.8. The molecule has 1 aliphatic rings. The van der Waals surface area contributed by atoms with Gasteiger partial charge in [0, 0.05) is 25.1 Å². The van der Waals surface area contributed by atoms with Gasteiger partial charge in [0.05, 0.1) is 12.4 Å². The van der Waals surface area contributed by atoms with Gasteiger partial charge in [-0.05, 0) is 24.0 Å². The third-order valence-electron chi connectivity index (χ3n) is 5.70. The summed E-state index contributed by atoms with van der Waals surface area (Å²) >= 11 is 0. The molecule has 2 aromatic carbocycles. The molecule has 0 radical (unpaired) electrons. The van der Waals surface area contributed by atoms with Crippen LogP contribution in [-0.4, -0.2) is 55.2 Å². The van der Waals surface area contributed by atoms with Crippen LogP contribution in [0.3, 0.4) is 0 Å². The summed E-state index contributed by atoms with van der Waals surface area (Å²) in [6.07, 6.45) is 2.75. The summed E-state index contributed by atoms with van der Waals surface area (Å²) in [5.74, 6) is -0.393. The molecule has 0 aromatic heterocycles. The maximum atomic E-state index is 13.5. The van der Waals surface area contributed by atoms with Gasteiger partial charge in [0.1, 0.15) is 11.5 Å². The van der Waals surface area contributed by atoms with Gasteiger partial charge in [0.25, 0.3) is 0 Å². The Morgan fingerprint density at radius 2 is 1.68 bits per heavy atom. The molecule has 31 heavy (non-hydrogen) atoms. The largest absolute Gasteiger partial charge is 0.384 e. The van der Waals surface area contributed by atoms with E-state index < -0.39 is 15.7 Å². The molecule has 9 heteroatoms. The number of carbonyl (C=O) groups is 1. The fraction of sp³-hybridized carbons (Fsp3) is 0.364. The third-order valence-corrected chi connectivity index (χ3v) is 7.53. The van der Waals surface area contributed by atoms with E-state index in [9.17, 15) is 13.2 Å². The molecule has 0 amide bonds. The fourth-order valence-electron chi connectivity index (χ4n) is 4.11. The van der Waals surface area contributed by atoms with E-state index >= 15 is 0 Å². The first-order chi connectivity index (χ1) is 14.8. The van der Waals surface area contributed by atoms with Gasteiger partial charge < -0.3 is 11.5 Å². The Morgan fingerprint density at radius 1 is 1.06 bits per heavy atom. The van der Waals surface area contributed by atoms with Crippen LogP contribution >= 0.6 is 0 Å². The topological polar surface area (TPSA) is 134 Å². The van der Waals surface area contributed by atoms with Crippen molar-refractivity contribution in [1.82, 2.24) is 9.21 Å². The predicted octanol–water partition coefficient (Wildman–Crippen LogP) is 1.25. The highest BCUT2D eigenvalue weighted by Crippen LogP contribution is 2.31. The first kappa shape index (κ1) is 23.1. The zero-order valence-electron chi connectivity index (χ0n) is 17.4. The summed E-state index contributed by atoms with van der Waals surface area (Å²) < 4.78 is 28.1. The molecule has 3 rings (SSSR count). The highest BCUT2D eigenvalue weighted by molar-refractivity contribution is 7.88. The molecule has 0 aliphatic carbocycles. The molecule has 0 spiro atoms. The van der Waals surface area contributed by atoms with Crippen LogP contribution in [0.5, 0.6) is 0 Å². The lowest BCUT2D eigenvalue weighted by atomic mass is 9.99. The van der Waals surface area contributed by atoms with Crippen molar-refractivity contribution >= 4 is 22.1 Å². The second-order valence-electron chi connectivity index (χ2n) is 7.75. The number of sulfonamides is 1. The van der Waals surface area contributed by atoms with Crippen molar-refractivity contribution < 1.29 is 13.2 Å². The van der Waals surface area contributed by atoms with Crippen molar-refractivity contribution in [2.24, 2.45) is 11.5 Å². The maximum Gasteiger partial charge on any atom is 0.221 e. The number of likely N-dealkylation sites (tertiary alicyclic amines) is 1. The molecular formula is C22H29N5O3S. The Hall–Kier alpha value is -2.59. The van der Waals surface area contributed by atoms with Crippen molar-refractivity contribution in [2.75, 3.05) is 19.8 Å². The average molecular weight is 444 g/mol. The van der Waals surface area contributed by atoms with E-state index in [4.69, 9.17) is 16.9 Å². The zero-order valence-corrected chi connectivity index (χ0v) is 18.2. The first-order valence-electron chi connectivity index (χ1n) is 10.2. The van der Waals surface area contributed by atoms with Crippen molar-refractivity contribution in [3.8, 4) is 0 Å². The van der Waals surface area contributed by atoms with Crippen LogP contribution in [0.4, 0.5) is 0 Å². The zero-order chi connectivity index (χ0) is 22.5. The molecule has 1 unspecified atom stereocenters. The van der Waals surface area contributed by atoms with Crippen LogP contribution in [0.1, 0.15) is 29.5 Å². The van der Waals surface area contributed by atoms with Crippen molar-refractivity contribution in [1.29, 1.82) is 5.41 Å². The molecule has 8 nitrogen and oxygen atoms in total. The van der Waals surface area contributed by atoms with E-state index in [0.717, 1.165) is 29.0 Å². The van der Waals surface area contributed by atoms with E-state index in [-0.39, 0.29) is 24.7 Å². The Bertz CT molecular complexity index is 1010. The van der Waals surface area contributed by atoms with Crippen molar-refractivity contribution in [2.45, 2.75) is 30.7 Å². The molecule has 1 fully saturated rings. The predicted molar refractivity (Wildman–Crippen MR) is 121 cm³/mol. The minimum atomic E-state index is -3.94. The van der Waals surface area contributed by atoms with Gasteiger partial charge in [0.15, 0.2) is 6.29 Å². The molecule has 2 aromatic rings. The van der Waals surface area contributed by atoms with Gasteiger partial charge in [-0.15, -0.1) is 0 Å². The van der Waals surface area contributed by atoms with Crippen molar-refractivity contribution in [3.05, 3.63) is 71.3 Å². The number of rotatable bonds is 10. The molecule has 166 valence electrons. The SMILES string of the molecule is N=C(N)c1ccc(CS(=O)(=O)N(CN)C(C=O)(Cc2ccccc2)N2CCCC2)cc1. The fourth-order valence-corrected chi connectivity index (χ4v) is 5.82. The van der Waals surface area contributed by atoms with Gasteiger partial charge >= 0.3 is 0 Å². The number of hydrogen-bond donors (Lipinski definition) is 3. The minimum absolute atomic E-state index is 0.0881. The number of nitrogen functional groups attached to an aromatic ring is 1. The minimum Gasteiger partial charge on any atom is -0.384 e. The molecule has 1 saturated heterocycles. The van der Waals surface area contributed by atoms with Gasteiger partial charge in [-0.25, -0.2) is 8.42 Å². The second kappa shape index (κ2) is 9.69. The first-order valence-corrected chi connectivity index (χ1v) is 11.8. The smallest absolute Gasteiger partial charge is 0.221 e. The van der Waals surface area contributed by atoms with Crippen molar-refractivity contribution in [3.63, 3.8) is 0 Å². The lowest BCUT2D eigenvalue weighted by molar-refractivity contribution is -0.126. The number of aldehydes is 1. The average Bonchev–Trinajstić information content (AvgIpc) is 3.29. The van der Waals surface area contributed by atoms with E-state index in [0.29, 0.717) is 24.2 Å². The summed E-state index contributed by atoms with van der Waals surface area (Å²) in [5, 5.41) is 7.48. The molecular weight excluding hydrogens is 414 g/mol. The summed E-state index contributed by atoms with van der Waals surface area (Å²) in [6.45, 7) is 0.950. The Labute approximate surface area is 183 Å². The van der Waals surface area contributed by atoms with Gasteiger partial charge in [-0.2, -0.15) is 4.31 Å². The van der Waals surface area contributed by atoms with Crippen LogP contribution in [0.2, 0.25) is 0 Å². The summed E-state index contributed by atoms with van der Waals surface area (Å²) in [7, 11) is -3.94. The number of carbonyl (C=O) groups excluding carboxylic acids is 1. The highest BCUT2D eigenvalue weighted by Gasteiger charge is 2.48. The second-order valence-corrected chi connectivity index (χ2v) is 9.64. The van der Waals surface area contributed by atoms with Crippen LogP contribution in [-0.2, 0) is 27.0 Å². The Kier molecular flexibility index (Phi) is 7.22. The molecule has 1 heterocycles. The molecule has 0 bridgehead atoms. The third kappa shape index (κ3) is 5.01. The number of nitrogens with two attached hydrogens (primary N) is 2. The van der Waals surface area contributed by atoms with Crippen LogP contribution in [0.25, 0.3) is 0 Å². The monoisotopic (exact) mass is 443 g/mol. The Morgan fingerprint density at radius 3 is 2.19 bits per heavy atom. The van der Waals surface area contributed by atoms with Gasteiger partial charge in [-0.3, -0.25) is 15.1 Å². The summed E-state index contributed by atoms with van der Waals surface area (Å²) in [5.41, 5.74) is 12.0. The highest BCUT2D eigenvalue weighted by atomic mass is 32.2. The number of benzene rings is 2. The van der Waals surface area contributed by atoms with Crippen LogP contribution in [0.15, 0.2) is 54.6 Å². The number of nitrogens with one attached hydrogen (secondary N) is 1. The van der Waals surface area contributed by atoms with E-state index in [1.807, 2.05) is 35.2 Å². The molecule has 0 saturated carbocycles. The molecule has 1 atom stereocenters. The van der Waals surface area contributed by atoms with Crippen LogP contribution in [0, 0.1) is 5.41 Å². The number of hydrogen-bond acceptors (Lipinski definition) is 6. The molecule has 1 aliphatic heterocycles. The summed E-state index contributed by atoms with van der Waals surface area (Å²) in [4.78, 5) is 14.5. The van der Waals surface area contributed by atoms with E-state index in [1.54, 1.807) is 24.3 Å². The number of nitrogens with zero attached hydrogens (tertiary/aromatic N) is 2. The lowest BCUT2D eigenvalue weighted by Gasteiger charge is -2.44. The number of amidine groups is 1. The molecule has 5 N–H and O–H groups in total. The Balaban J connectivity index is 1.98. The normalized spacial score (nSPS) is 16.8. The van der Waals surface area contributed by atoms with E-state index in [2.05, 4.69) is 0 Å². The van der Waals surface area contributed by atoms with Gasteiger partial charge in [-0.1, -0.05) is 54.6 Å². The van der Waals surface area contributed by atoms with Crippen LogP contribution < -0.4 is 11.5 Å². The lowest BCUT2D eigenvalue weighted by Crippen LogP contribution is -2.65. The van der Waals surface area contributed by atoms with Gasteiger partial charge in [0.2, 0.25) is 10.0 Å². The maximum absolute atomic E-state index is 13.5.